The third-order valence-electron chi connectivity index (χ3n) is 2.35. The molecule has 0 radical (unpaired) electrons. The van der Waals surface area contributed by atoms with E-state index < -0.39 is 6.03 Å². The minimum absolute atomic E-state index is 0.646. The van der Waals surface area contributed by atoms with E-state index in [1.807, 2.05) is 19.1 Å². The van der Waals surface area contributed by atoms with Crippen LogP contribution in [0.4, 0.5) is 4.79 Å². The molecule has 0 spiro atoms. The van der Waals surface area contributed by atoms with Gasteiger partial charge in [-0.1, -0.05) is 38.1 Å². The maximum Gasteiger partial charge on any atom is 0.332 e. The van der Waals surface area contributed by atoms with Gasteiger partial charge in [0.1, 0.15) is 0 Å². The number of hydrogen-bond acceptors (Lipinski definition) is 2. The van der Waals surface area contributed by atoms with Gasteiger partial charge in [-0.05, 0) is 30.4 Å². The number of nitrogens with zero attached hydrogens (tertiary/aromatic N) is 1. The summed E-state index contributed by atoms with van der Waals surface area (Å²) in [6.45, 7) is 6.21. The van der Waals surface area contributed by atoms with Crippen LogP contribution < -0.4 is 11.2 Å². The Morgan fingerprint density at radius 1 is 1.35 bits per heavy atom. The molecule has 0 aliphatic carbocycles. The summed E-state index contributed by atoms with van der Waals surface area (Å²) < 4.78 is 0. The Hall–Kier alpha value is -1.84. The molecule has 0 heterocycles. The van der Waals surface area contributed by atoms with Crippen molar-refractivity contribution >= 4 is 11.7 Å². The molecule has 92 valence electrons. The number of benzene rings is 1. The first-order chi connectivity index (χ1) is 7.99. The fourth-order valence-corrected chi connectivity index (χ4v) is 1.56. The highest BCUT2D eigenvalue weighted by Gasteiger charge is 2.00. The van der Waals surface area contributed by atoms with Crippen molar-refractivity contribution in [3.63, 3.8) is 0 Å². The van der Waals surface area contributed by atoms with Crippen molar-refractivity contribution in [1.82, 2.24) is 5.43 Å². The zero-order valence-electron chi connectivity index (χ0n) is 10.5. The maximum atomic E-state index is 10.5. The monoisotopic (exact) mass is 233 g/mol. The Labute approximate surface area is 102 Å². The van der Waals surface area contributed by atoms with Crippen molar-refractivity contribution in [3.8, 4) is 0 Å². The molecule has 4 heteroatoms. The number of primary amides is 1. The van der Waals surface area contributed by atoms with Gasteiger partial charge in [0.15, 0.2) is 0 Å². The van der Waals surface area contributed by atoms with Crippen molar-refractivity contribution in [2.75, 3.05) is 0 Å². The van der Waals surface area contributed by atoms with Crippen LogP contribution in [0.2, 0.25) is 0 Å². The first-order valence-corrected chi connectivity index (χ1v) is 5.68. The summed E-state index contributed by atoms with van der Waals surface area (Å²) >= 11 is 0. The SMILES string of the molecule is C/C(=N/NC(N)=O)c1ccc(CC(C)C)cc1. The van der Waals surface area contributed by atoms with Crippen LogP contribution in [0.15, 0.2) is 29.4 Å². The second-order valence-electron chi connectivity index (χ2n) is 4.47. The van der Waals surface area contributed by atoms with Gasteiger partial charge in [-0.2, -0.15) is 5.10 Å². The molecule has 0 unspecified atom stereocenters. The van der Waals surface area contributed by atoms with Crippen LogP contribution in [0.5, 0.6) is 0 Å². The van der Waals surface area contributed by atoms with E-state index in [4.69, 9.17) is 5.73 Å². The number of hydrazone groups is 1. The van der Waals surface area contributed by atoms with E-state index in [9.17, 15) is 4.79 Å². The standard InChI is InChI=1S/C13H19N3O/c1-9(2)8-11-4-6-12(7-5-11)10(3)15-16-13(14)17/h4-7,9H,8H2,1-3H3,(H3,14,16,17)/b15-10-. The highest BCUT2D eigenvalue weighted by atomic mass is 16.2. The molecule has 3 N–H and O–H groups in total. The molecule has 0 saturated heterocycles. The van der Waals surface area contributed by atoms with E-state index in [2.05, 4.69) is 36.5 Å². The van der Waals surface area contributed by atoms with Gasteiger partial charge >= 0.3 is 6.03 Å². The van der Waals surface area contributed by atoms with Gasteiger partial charge in [0.05, 0.1) is 5.71 Å². The van der Waals surface area contributed by atoms with E-state index in [1.54, 1.807) is 0 Å². The van der Waals surface area contributed by atoms with Crippen LogP contribution >= 0.6 is 0 Å². The van der Waals surface area contributed by atoms with Crippen molar-refractivity contribution in [3.05, 3.63) is 35.4 Å². The topological polar surface area (TPSA) is 67.5 Å². The van der Waals surface area contributed by atoms with Gasteiger partial charge in [-0.25, -0.2) is 10.2 Å². The average Bonchev–Trinajstić information content (AvgIpc) is 2.26. The average molecular weight is 233 g/mol. The van der Waals surface area contributed by atoms with Crippen molar-refractivity contribution in [2.24, 2.45) is 16.8 Å². The Morgan fingerprint density at radius 2 is 1.94 bits per heavy atom. The number of nitrogens with two attached hydrogens (primary N) is 1. The van der Waals surface area contributed by atoms with Crippen LogP contribution in [-0.2, 0) is 6.42 Å². The molecule has 17 heavy (non-hydrogen) atoms. The zero-order valence-corrected chi connectivity index (χ0v) is 10.5. The molecule has 2 amide bonds. The predicted octanol–water partition coefficient (Wildman–Crippen LogP) is 2.28. The van der Waals surface area contributed by atoms with Crippen molar-refractivity contribution < 1.29 is 4.79 Å². The summed E-state index contributed by atoms with van der Waals surface area (Å²) in [4.78, 5) is 10.5. The minimum atomic E-state index is -0.652. The molecular formula is C13H19N3O. The quantitative estimate of drug-likeness (QED) is 0.608. The second-order valence-corrected chi connectivity index (χ2v) is 4.47. The Kier molecular flexibility index (Phi) is 4.69. The first kappa shape index (κ1) is 13.2. The molecule has 0 atom stereocenters. The second kappa shape index (κ2) is 6.03. The molecule has 0 aromatic heterocycles. The number of carbonyl (C=O) groups is 1. The molecule has 1 rings (SSSR count). The van der Waals surface area contributed by atoms with Crippen LogP contribution in [0.25, 0.3) is 0 Å². The third kappa shape index (κ3) is 4.68. The molecule has 0 saturated carbocycles. The fraction of sp³-hybridized carbons (Fsp3) is 0.385. The van der Waals surface area contributed by atoms with Crippen molar-refractivity contribution in [1.29, 1.82) is 0 Å². The lowest BCUT2D eigenvalue weighted by Gasteiger charge is -2.06. The number of hydrogen-bond donors (Lipinski definition) is 2. The molecule has 0 fully saturated rings. The van der Waals surface area contributed by atoms with Gasteiger partial charge in [-0.15, -0.1) is 0 Å². The first-order valence-electron chi connectivity index (χ1n) is 5.68. The highest BCUT2D eigenvalue weighted by Crippen LogP contribution is 2.10. The summed E-state index contributed by atoms with van der Waals surface area (Å²) in [6, 6.07) is 7.51. The number of urea groups is 1. The molecule has 4 nitrogen and oxygen atoms in total. The number of carbonyl (C=O) groups excluding carboxylic acids is 1. The molecule has 1 aromatic rings. The normalized spacial score (nSPS) is 11.6. The molecule has 1 aromatic carbocycles. The van der Waals surface area contributed by atoms with Crippen LogP contribution in [0, 0.1) is 5.92 Å². The number of rotatable bonds is 4. The van der Waals surface area contributed by atoms with E-state index in [0.29, 0.717) is 5.92 Å². The lowest BCUT2D eigenvalue weighted by molar-refractivity contribution is 0.249. The van der Waals surface area contributed by atoms with Gasteiger partial charge in [0, 0.05) is 0 Å². The zero-order chi connectivity index (χ0) is 12.8. The summed E-state index contributed by atoms with van der Waals surface area (Å²) in [7, 11) is 0. The van der Waals surface area contributed by atoms with Crippen LogP contribution in [0.3, 0.4) is 0 Å². The molecule has 0 aliphatic heterocycles. The third-order valence-corrected chi connectivity index (χ3v) is 2.35. The lowest BCUT2D eigenvalue weighted by Crippen LogP contribution is -2.25. The smallest absolute Gasteiger partial charge is 0.332 e. The molecule has 0 aliphatic rings. The van der Waals surface area contributed by atoms with Gasteiger partial charge in [0.2, 0.25) is 0 Å². The molecular weight excluding hydrogens is 214 g/mol. The summed E-state index contributed by atoms with van der Waals surface area (Å²) in [5, 5.41) is 3.88. The summed E-state index contributed by atoms with van der Waals surface area (Å²) in [5.41, 5.74) is 10.2. The molecule has 0 bridgehead atoms. The fourth-order valence-electron chi connectivity index (χ4n) is 1.56. The predicted molar refractivity (Wildman–Crippen MR) is 69.9 cm³/mol. The maximum absolute atomic E-state index is 10.5. The summed E-state index contributed by atoms with van der Waals surface area (Å²) in [5.74, 6) is 0.646. The Balaban J connectivity index is 2.73. The van der Waals surface area contributed by atoms with Gasteiger partial charge in [-0.3, -0.25) is 0 Å². The highest BCUT2D eigenvalue weighted by molar-refractivity contribution is 5.99. The van der Waals surface area contributed by atoms with Crippen LogP contribution in [-0.4, -0.2) is 11.7 Å². The Morgan fingerprint density at radius 3 is 2.41 bits per heavy atom. The van der Waals surface area contributed by atoms with E-state index >= 15 is 0 Å². The van der Waals surface area contributed by atoms with Gasteiger partial charge in [0.25, 0.3) is 0 Å². The lowest BCUT2D eigenvalue weighted by atomic mass is 10.0. The largest absolute Gasteiger partial charge is 0.350 e. The van der Waals surface area contributed by atoms with E-state index in [1.165, 1.54) is 5.56 Å². The van der Waals surface area contributed by atoms with Gasteiger partial charge < -0.3 is 5.73 Å². The van der Waals surface area contributed by atoms with Crippen molar-refractivity contribution in [2.45, 2.75) is 27.2 Å². The Bertz CT molecular complexity index is 407. The van der Waals surface area contributed by atoms with E-state index in [0.717, 1.165) is 17.7 Å². The number of amides is 2. The van der Waals surface area contributed by atoms with Crippen LogP contribution in [0.1, 0.15) is 31.9 Å². The van der Waals surface area contributed by atoms with E-state index in [-0.39, 0.29) is 0 Å². The summed E-state index contributed by atoms with van der Waals surface area (Å²) in [6.07, 6.45) is 1.07. The minimum Gasteiger partial charge on any atom is -0.350 e. The number of nitrogens with one attached hydrogen (secondary N) is 1.